The molecule has 0 aliphatic heterocycles. The Hall–Kier alpha value is -6.35. The van der Waals surface area contributed by atoms with Crippen molar-refractivity contribution in [1.29, 1.82) is 0 Å². The van der Waals surface area contributed by atoms with Crippen LogP contribution in [0.25, 0.3) is 83.9 Å². The van der Waals surface area contributed by atoms with Gasteiger partial charge in [-0.1, -0.05) is 187 Å². The Labute approximate surface area is 407 Å². The first-order valence-electron chi connectivity index (χ1n) is 23.5. The maximum atomic E-state index is 12.3. The van der Waals surface area contributed by atoms with Crippen LogP contribution < -0.4 is 0 Å². The van der Waals surface area contributed by atoms with Crippen LogP contribution in [0.4, 0.5) is 0 Å². The fraction of sp³-hybridized carbons (Fsp3) is 0.213. The second-order valence-electron chi connectivity index (χ2n) is 18.6. The third kappa shape index (κ3) is 9.35. The summed E-state index contributed by atoms with van der Waals surface area (Å²) in [7, 11) is 0. The molecule has 0 aliphatic rings. The second-order valence-corrected chi connectivity index (χ2v) is 18.6. The number of aromatic nitrogens is 3. The zero-order valence-corrected chi connectivity index (χ0v) is 41.4. The molecule has 9 aromatic rings. The zero-order valence-electron chi connectivity index (χ0n) is 40.1. The van der Waals surface area contributed by atoms with Crippen molar-refractivity contribution in [3.63, 3.8) is 0 Å². The predicted molar refractivity (Wildman–Crippen MR) is 273 cm³/mol. The fourth-order valence-corrected chi connectivity index (χ4v) is 8.99. The predicted octanol–water partition coefficient (Wildman–Crippen LogP) is 16.5. The van der Waals surface area contributed by atoms with Crippen molar-refractivity contribution < 1.29 is 27.5 Å². The van der Waals surface area contributed by atoms with E-state index in [0.29, 0.717) is 17.3 Å². The van der Waals surface area contributed by atoms with Gasteiger partial charge in [0.05, 0.1) is 22.3 Å². The van der Waals surface area contributed by atoms with Crippen molar-refractivity contribution in [2.75, 3.05) is 0 Å². The smallest absolute Gasteiger partial charge is 0.148 e. The van der Waals surface area contributed by atoms with Crippen molar-refractivity contribution in [2.24, 2.45) is 5.92 Å². The molecule has 7 aromatic carbocycles. The Kier molecular flexibility index (Phi) is 13.3. The largest absolute Gasteiger partial charge is 0.507 e. The van der Waals surface area contributed by atoms with Crippen LogP contribution in [0.1, 0.15) is 96.7 Å². The molecule has 2 aromatic heterocycles. The topological polar surface area (TPSA) is 50.9 Å². The van der Waals surface area contributed by atoms with Gasteiger partial charge in [0.25, 0.3) is 0 Å². The average molecular weight is 1050 g/mol. The van der Waals surface area contributed by atoms with Gasteiger partial charge in [-0.15, -0.1) is 23.8 Å². The summed E-state index contributed by atoms with van der Waals surface area (Å²) in [5, 5.41) is 12.3. The molecule has 66 heavy (non-hydrogen) atoms. The van der Waals surface area contributed by atoms with Crippen LogP contribution in [0, 0.1) is 12.0 Å². The molecule has 0 unspecified atom stereocenters. The number of phenols is 1. The maximum absolute atomic E-state index is 12.3. The molecule has 5 heteroatoms. The van der Waals surface area contributed by atoms with Gasteiger partial charge in [-0.05, 0) is 105 Å². The maximum Gasteiger partial charge on any atom is 0.148 e. The standard InChI is InChI=1S/C61H58N3O.Pt/c1-38(2)30-42-22-27-57(54(31-42)46-18-13-10-14-19-46)64-58-21-15-20-52(59(58)63-61(64)55-36-48(40(5)6)35-53(41(7)8)60(55)65)50-32-49(44-16-11-9-12-17-44)33-51(34-50)56-37-47(28-29-62-56)45-25-23-43(24-26-45)39(3)4;/h9-29,31-33,35-41,65H,30H2,1-8H3;/q-1;/i39D;. The molecule has 0 aliphatic carbocycles. The number of aromatic hydroxyl groups is 1. The molecule has 0 radical (unpaired) electrons. The molecule has 0 saturated carbocycles. The minimum absolute atomic E-state index is 0. The molecule has 0 bridgehead atoms. The van der Waals surface area contributed by atoms with Crippen molar-refractivity contribution in [2.45, 2.75) is 79.5 Å². The molecule has 2 heterocycles. The summed E-state index contributed by atoms with van der Waals surface area (Å²) in [5.74, 6) is 1.09. The number of phenolic OH excluding ortho intramolecular Hbond substituents is 1. The SMILES string of the molecule is [2H]C(C)(C)c1ccc(-c2ccnc(-c3[c-]c(-c4cccc5c4nc(-c4cc(C(C)C)cc(C(C)C)c4O)n5-c4ccc(CC(C)C)cc4-c4ccccc4)cc(-c4ccccc4)c3)c2)cc1.[Pt]. The van der Waals surface area contributed by atoms with Crippen LogP contribution in [-0.4, -0.2) is 19.6 Å². The third-order valence-corrected chi connectivity index (χ3v) is 12.5. The molecule has 0 atom stereocenters. The van der Waals surface area contributed by atoms with Crippen molar-refractivity contribution in [1.82, 2.24) is 14.5 Å². The van der Waals surface area contributed by atoms with Gasteiger partial charge in [0, 0.05) is 39.9 Å². The number of rotatable bonds is 12. The van der Waals surface area contributed by atoms with Gasteiger partial charge in [-0.25, -0.2) is 4.98 Å². The van der Waals surface area contributed by atoms with Gasteiger partial charge >= 0.3 is 0 Å². The number of nitrogens with zero attached hydrogens (tertiary/aromatic N) is 3. The van der Waals surface area contributed by atoms with Gasteiger partial charge in [0.2, 0.25) is 0 Å². The van der Waals surface area contributed by atoms with E-state index in [1.54, 1.807) is 0 Å². The van der Waals surface area contributed by atoms with E-state index in [9.17, 15) is 5.11 Å². The van der Waals surface area contributed by atoms with E-state index in [2.05, 4.69) is 186 Å². The quantitative estimate of drug-likeness (QED) is 0.124. The van der Waals surface area contributed by atoms with Gasteiger partial charge in [0.1, 0.15) is 11.6 Å². The van der Waals surface area contributed by atoms with E-state index in [1.165, 1.54) is 5.56 Å². The van der Waals surface area contributed by atoms with Gasteiger partial charge in [0.15, 0.2) is 0 Å². The molecule has 9 rings (SSSR count). The summed E-state index contributed by atoms with van der Waals surface area (Å²) in [6, 6.07) is 59.3. The first-order valence-corrected chi connectivity index (χ1v) is 23.0. The summed E-state index contributed by atoms with van der Waals surface area (Å²) in [6.45, 7) is 17.0. The Balaban J connectivity index is 0.00000608. The molecule has 1 N–H and O–H groups in total. The number of pyridine rings is 1. The average Bonchev–Trinajstić information content (AvgIpc) is 3.71. The Bertz CT molecular complexity index is 3180. The molecule has 0 spiro atoms. The number of benzene rings is 7. The van der Waals surface area contributed by atoms with E-state index in [4.69, 9.17) is 11.3 Å². The molecular weight excluding hydrogens is 986 g/mol. The molecule has 4 nitrogen and oxygen atoms in total. The van der Waals surface area contributed by atoms with Gasteiger partial charge < -0.3 is 5.11 Å². The number of hydrogen-bond donors (Lipinski definition) is 1. The van der Waals surface area contributed by atoms with Crippen LogP contribution in [0.2, 0.25) is 0 Å². The van der Waals surface area contributed by atoms with Crippen molar-refractivity contribution in [3.05, 3.63) is 192 Å². The van der Waals surface area contributed by atoms with Crippen LogP contribution in [0.15, 0.2) is 164 Å². The Morgan fingerprint density at radius 3 is 1.92 bits per heavy atom. The van der Waals surface area contributed by atoms with E-state index in [1.807, 2.05) is 44.3 Å². The Morgan fingerprint density at radius 2 is 1.26 bits per heavy atom. The molecular formula is C61H58N3OPt-. The second kappa shape index (κ2) is 19.6. The summed E-state index contributed by atoms with van der Waals surface area (Å²) in [4.78, 5) is 10.6. The van der Waals surface area contributed by atoms with E-state index in [-0.39, 0.29) is 38.7 Å². The van der Waals surface area contributed by atoms with E-state index < -0.39 is 5.89 Å². The van der Waals surface area contributed by atoms with Crippen molar-refractivity contribution in [3.8, 4) is 78.6 Å². The van der Waals surface area contributed by atoms with Crippen molar-refractivity contribution >= 4 is 11.0 Å². The molecule has 0 fully saturated rings. The first-order chi connectivity index (χ1) is 31.7. The molecule has 0 saturated heterocycles. The van der Waals surface area contributed by atoms with Gasteiger partial charge in [-0.3, -0.25) is 9.55 Å². The van der Waals surface area contributed by atoms with Crippen LogP contribution in [0.5, 0.6) is 5.75 Å². The summed E-state index contributed by atoms with van der Waals surface area (Å²) in [5.41, 5.74) is 17.7. The molecule has 334 valence electrons. The van der Waals surface area contributed by atoms with Crippen LogP contribution >= 0.6 is 0 Å². The summed E-state index contributed by atoms with van der Waals surface area (Å²) in [6.07, 6.45) is 2.82. The van der Waals surface area contributed by atoms with Crippen LogP contribution in [-0.2, 0) is 27.5 Å². The minimum atomic E-state index is -0.678. The fourth-order valence-electron chi connectivity index (χ4n) is 8.99. The zero-order chi connectivity index (χ0) is 46.3. The normalized spacial score (nSPS) is 12.0. The van der Waals surface area contributed by atoms with E-state index >= 15 is 0 Å². The third-order valence-electron chi connectivity index (χ3n) is 12.5. The summed E-state index contributed by atoms with van der Waals surface area (Å²) < 4.78 is 10.8. The van der Waals surface area contributed by atoms with E-state index in [0.717, 1.165) is 95.6 Å². The Morgan fingerprint density at radius 1 is 0.576 bits per heavy atom. The number of hydrogen-bond acceptors (Lipinski definition) is 3. The number of fused-ring (bicyclic) bond motifs is 1. The monoisotopic (exact) mass is 1040 g/mol. The minimum Gasteiger partial charge on any atom is -0.507 e. The molecule has 0 amide bonds. The summed E-state index contributed by atoms with van der Waals surface area (Å²) >= 11 is 0. The van der Waals surface area contributed by atoms with Gasteiger partial charge in [-0.2, -0.15) is 0 Å². The first kappa shape index (κ1) is 44.8. The number of para-hydroxylation sites is 1. The number of imidazole rings is 1. The van der Waals surface area contributed by atoms with Crippen LogP contribution in [0.3, 0.4) is 0 Å².